The Labute approximate surface area is 184 Å². The number of nitrogens with one attached hydrogen (secondary N) is 1. The molecule has 2 aliphatic rings. The lowest BCUT2D eigenvalue weighted by molar-refractivity contribution is 0.414. The minimum Gasteiger partial charge on any atom is -0.497 e. The maximum atomic E-state index is 6.12. The summed E-state index contributed by atoms with van der Waals surface area (Å²) in [6.45, 7) is 4.08. The summed E-state index contributed by atoms with van der Waals surface area (Å²) in [7, 11) is 1.67. The van der Waals surface area contributed by atoms with Crippen LogP contribution in [0, 0.1) is 0 Å². The van der Waals surface area contributed by atoms with Crippen molar-refractivity contribution in [2.45, 2.75) is 32.5 Å². The fourth-order valence-corrected chi connectivity index (χ4v) is 3.72. The molecule has 2 heterocycles. The van der Waals surface area contributed by atoms with Crippen molar-refractivity contribution >= 4 is 35.7 Å². The molecule has 4 rings (SSSR count). The van der Waals surface area contributed by atoms with E-state index in [9.17, 15) is 0 Å². The average Bonchev–Trinajstić information content (AvgIpc) is 3.29. The second kappa shape index (κ2) is 9.71. The number of aliphatic imine (C=N–C) groups is 2. The smallest absolute Gasteiger partial charge is 0.222 e. The van der Waals surface area contributed by atoms with Crippen molar-refractivity contribution in [2.24, 2.45) is 15.7 Å². The number of nitrogens with zero attached hydrogens (tertiary/aromatic N) is 4. The molecule has 3 N–H and O–H groups in total. The van der Waals surface area contributed by atoms with Crippen LogP contribution < -0.4 is 20.7 Å². The Morgan fingerprint density at radius 1 is 1.13 bits per heavy atom. The molecule has 1 fully saturated rings. The second-order valence-corrected chi connectivity index (χ2v) is 7.23. The van der Waals surface area contributed by atoms with E-state index in [1.165, 1.54) is 5.56 Å². The van der Waals surface area contributed by atoms with Crippen LogP contribution in [0.15, 0.2) is 58.5 Å². The first-order valence-corrected chi connectivity index (χ1v) is 10.1. The molecule has 2 aromatic rings. The van der Waals surface area contributed by atoms with Gasteiger partial charge in [0.1, 0.15) is 5.75 Å². The van der Waals surface area contributed by atoms with E-state index in [0.717, 1.165) is 55.4 Å². The molecule has 30 heavy (non-hydrogen) atoms. The van der Waals surface area contributed by atoms with Crippen LogP contribution in [0.5, 0.6) is 5.75 Å². The number of benzene rings is 2. The third-order valence-corrected chi connectivity index (χ3v) is 5.31. The molecule has 0 spiro atoms. The zero-order valence-electron chi connectivity index (χ0n) is 17.4. The SMILES string of the molecule is CCc1ccc(NC2N=C(N)N=C(N3CCCC3)N2c2cccc(OC)c2)cc1.Cl. The fraction of sp³-hybridized carbons (Fsp3) is 0.364. The predicted molar refractivity (Wildman–Crippen MR) is 126 cm³/mol. The number of hydrogen-bond donors (Lipinski definition) is 2. The van der Waals surface area contributed by atoms with E-state index in [0.29, 0.717) is 0 Å². The van der Waals surface area contributed by atoms with E-state index in [-0.39, 0.29) is 18.4 Å². The molecular formula is C22H29ClN6O. The highest BCUT2D eigenvalue weighted by atomic mass is 35.5. The predicted octanol–water partition coefficient (Wildman–Crippen LogP) is 3.66. The van der Waals surface area contributed by atoms with Crippen molar-refractivity contribution in [2.75, 3.05) is 30.4 Å². The number of aryl methyl sites for hydroxylation is 1. The number of rotatable bonds is 5. The Kier molecular flexibility index (Phi) is 7.05. The lowest BCUT2D eigenvalue weighted by Crippen LogP contribution is -2.54. The zero-order chi connectivity index (χ0) is 20.2. The van der Waals surface area contributed by atoms with Gasteiger partial charge in [0.25, 0.3) is 0 Å². The van der Waals surface area contributed by atoms with Crippen LogP contribution in [0.4, 0.5) is 11.4 Å². The first-order valence-electron chi connectivity index (χ1n) is 10.1. The van der Waals surface area contributed by atoms with E-state index >= 15 is 0 Å². The van der Waals surface area contributed by atoms with Crippen LogP contribution >= 0.6 is 12.4 Å². The van der Waals surface area contributed by atoms with Crippen molar-refractivity contribution in [1.82, 2.24) is 4.90 Å². The molecule has 1 saturated heterocycles. The maximum absolute atomic E-state index is 6.12. The van der Waals surface area contributed by atoms with E-state index in [1.54, 1.807) is 7.11 Å². The van der Waals surface area contributed by atoms with Crippen molar-refractivity contribution in [3.05, 3.63) is 54.1 Å². The number of ether oxygens (including phenoxy) is 1. The topological polar surface area (TPSA) is 78.5 Å². The van der Waals surface area contributed by atoms with Crippen LogP contribution in [0.1, 0.15) is 25.3 Å². The molecule has 0 amide bonds. The summed E-state index contributed by atoms with van der Waals surface area (Å²) < 4.78 is 5.45. The highest BCUT2D eigenvalue weighted by molar-refractivity contribution is 6.06. The van der Waals surface area contributed by atoms with E-state index < -0.39 is 6.29 Å². The third-order valence-electron chi connectivity index (χ3n) is 5.31. The lowest BCUT2D eigenvalue weighted by Gasteiger charge is -2.38. The van der Waals surface area contributed by atoms with Gasteiger partial charge in [-0.2, -0.15) is 4.99 Å². The number of halogens is 1. The Hall–Kier alpha value is -2.93. The molecule has 7 nitrogen and oxygen atoms in total. The Bertz CT molecular complexity index is 908. The molecule has 2 aromatic carbocycles. The van der Waals surface area contributed by atoms with Gasteiger partial charge in [0.05, 0.1) is 12.8 Å². The van der Waals surface area contributed by atoms with Gasteiger partial charge in [-0.1, -0.05) is 25.1 Å². The summed E-state index contributed by atoms with van der Waals surface area (Å²) in [6.07, 6.45) is 2.91. The minimum absolute atomic E-state index is 0. The monoisotopic (exact) mass is 428 g/mol. The number of methoxy groups -OCH3 is 1. The van der Waals surface area contributed by atoms with Gasteiger partial charge < -0.3 is 20.7 Å². The van der Waals surface area contributed by atoms with Crippen LogP contribution in [-0.4, -0.2) is 43.3 Å². The minimum atomic E-state index is -0.400. The molecule has 0 aromatic heterocycles. The Balaban J connectivity index is 0.00000256. The highest BCUT2D eigenvalue weighted by Gasteiger charge is 2.32. The maximum Gasteiger partial charge on any atom is 0.222 e. The summed E-state index contributed by atoms with van der Waals surface area (Å²) in [5.41, 5.74) is 9.36. The molecule has 0 radical (unpaired) electrons. The van der Waals surface area contributed by atoms with E-state index in [2.05, 4.69) is 56.3 Å². The molecule has 1 atom stereocenters. The fourth-order valence-electron chi connectivity index (χ4n) is 3.72. The lowest BCUT2D eigenvalue weighted by atomic mass is 10.1. The summed E-state index contributed by atoms with van der Waals surface area (Å²) in [4.78, 5) is 13.6. The Morgan fingerprint density at radius 3 is 2.53 bits per heavy atom. The van der Waals surface area contributed by atoms with E-state index in [1.807, 2.05) is 24.3 Å². The zero-order valence-corrected chi connectivity index (χ0v) is 18.2. The van der Waals surface area contributed by atoms with Gasteiger partial charge in [0, 0.05) is 24.8 Å². The van der Waals surface area contributed by atoms with Gasteiger partial charge in [0.2, 0.25) is 18.2 Å². The van der Waals surface area contributed by atoms with Gasteiger partial charge >= 0.3 is 0 Å². The summed E-state index contributed by atoms with van der Waals surface area (Å²) in [6, 6.07) is 16.4. The third kappa shape index (κ3) is 4.62. The van der Waals surface area contributed by atoms with E-state index in [4.69, 9.17) is 10.5 Å². The van der Waals surface area contributed by atoms with Gasteiger partial charge in [-0.05, 0) is 49.1 Å². The molecule has 1 unspecified atom stereocenters. The molecule has 0 bridgehead atoms. The standard InChI is InChI=1S/C22H28N6O.ClH/c1-3-16-9-11-17(12-10-16)24-21-25-20(23)26-22(27-13-4-5-14-27)28(21)18-7-6-8-19(15-18)29-2;/h6-12,15,21,24H,3-5,13-14H2,1-2H3,(H2,23,25);1H. The highest BCUT2D eigenvalue weighted by Crippen LogP contribution is 2.28. The normalized spacial score (nSPS) is 18.4. The number of guanidine groups is 2. The van der Waals surface area contributed by atoms with Gasteiger partial charge in [0.15, 0.2) is 0 Å². The molecule has 160 valence electrons. The van der Waals surface area contributed by atoms with Gasteiger partial charge in [-0.3, -0.25) is 4.90 Å². The second-order valence-electron chi connectivity index (χ2n) is 7.23. The number of likely N-dealkylation sites (tertiary alicyclic amines) is 1. The van der Waals surface area contributed by atoms with Gasteiger partial charge in [-0.15, -0.1) is 12.4 Å². The van der Waals surface area contributed by atoms with Crippen molar-refractivity contribution in [1.29, 1.82) is 0 Å². The van der Waals surface area contributed by atoms with Crippen LogP contribution in [0.3, 0.4) is 0 Å². The molecule has 8 heteroatoms. The molecule has 0 aliphatic carbocycles. The number of hydrogen-bond acceptors (Lipinski definition) is 7. The van der Waals surface area contributed by atoms with Crippen LogP contribution in [0.25, 0.3) is 0 Å². The summed E-state index contributed by atoms with van der Waals surface area (Å²) >= 11 is 0. The number of anilines is 2. The summed E-state index contributed by atoms with van der Waals surface area (Å²) in [5, 5.41) is 3.51. The van der Waals surface area contributed by atoms with Crippen LogP contribution in [-0.2, 0) is 6.42 Å². The first kappa shape index (κ1) is 21.8. The van der Waals surface area contributed by atoms with Crippen molar-refractivity contribution in [3.63, 3.8) is 0 Å². The average molecular weight is 429 g/mol. The van der Waals surface area contributed by atoms with Crippen molar-refractivity contribution < 1.29 is 4.74 Å². The first-order chi connectivity index (χ1) is 14.2. The Morgan fingerprint density at radius 2 is 1.87 bits per heavy atom. The van der Waals surface area contributed by atoms with Crippen LogP contribution in [0.2, 0.25) is 0 Å². The van der Waals surface area contributed by atoms with Gasteiger partial charge in [-0.25, -0.2) is 4.99 Å². The molecular weight excluding hydrogens is 400 g/mol. The molecule has 2 aliphatic heterocycles. The quantitative estimate of drug-likeness (QED) is 0.759. The largest absolute Gasteiger partial charge is 0.497 e. The molecule has 0 saturated carbocycles. The van der Waals surface area contributed by atoms with Crippen molar-refractivity contribution in [3.8, 4) is 5.75 Å². The summed E-state index contributed by atoms with van der Waals surface area (Å²) in [5.74, 6) is 1.90. The number of nitrogens with two attached hydrogens (primary N) is 1.